The van der Waals surface area contributed by atoms with E-state index in [4.69, 9.17) is 0 Å². The van der Waals surface area contributed by atoms with Crippen LogP contribution in [-0.2, 0) is 20.4 Å². The average Bonchev–Trinajstić information content (AvgIpc) is 2.03. The number of alkyl halides is 1. The minimum atomic E-state index is 0. The van der Waals surface area contributed by atoms with Gasteiger partial charge in [0.05, 0.1) is 0 Å². The molecule has 0 unspecified atom stereocenters. The summed E-state index contributed by atoms with van der Waals surface area (Å²) in [6.45, 7) is 0. The van der Waals surface area contributed by atoms with Crippen molar-refractivity contribution in [3.63, 3.8) is 0 Å². The van der Waals surface area contributed by atoms with Gasteiger partial charge in [-0.15, -0.1) is 0 Å². The smallest absolute Gasteiger partial charge is 0.0883 e. The second-order valence-electron chi connectivity index (χ2n) is 1.97. The molecule has 60 valence electrons. The second-order valence-corrected chi connectivity index (χ2v) is 2.61. The van der Waals surface area contributed by atoms with Crippen LogP contribution in [0, 0.1) is 0 Å². The number of halogens is 1. The summed E-state index contributed by atoms with van der Waals surface area (Å²) >= 11 is 3.32. The van der Waals surface area contributed by atoms with Gasteiger partial charge in [-0.2, -0.15) is 0 Å². The van der Waals surface area contributed by atoms with Crippen LogP contribution in [0.3, 0.4) is 0 Å². The number of allylic oxidation sites excluding steroid dienone is 1. The third-order valence-corrected chi connectivity index (χ3v) is 1.57. The Kier molecular flexibility index (Phi) is 6.85. The first-order chi connectivity index (χ1) is 4.93. The van der Waals surface area contributed by atoms with Gasteiger partial charge in [-0.1, -0.05) is 58.4 Å². The van der Waals surface area contributed by atoms with Crippen LogP contribution in [-0.4, -0.2) is 5.33 Å². The van der Waals surface area contributed by atoms with Crippen molar-refractivity contribution >= 4 is 22.0 Å². The van der Waals surface area contributed by atoms with Gasteiger partial charge in [0.1, 0.15) is 0 Å². The summed E-state index contributed by atoms with van der Waals surface area (Å²) in [4.78, 5) is 0. The number of rotatable bonds is 2. The van der Waals surface area contributed by atoms with Crippen LogP contribution in [0.25, 0.3) is 6.08 Å². The predicted octanol–water partition coefficient (Wildman–Crippen LogP) is 3.09. The molecule has 0 N–H and O–H groups in total. The fraction of sp³-hybridized carbons (Fsp3) is 0.111. The molecule has 0 fully saturated rings. The van der Waals surface area contributed by atoms with Gasteiger partial charge < -0.3 is 0 Å². The Labute approximate surface area is 89.5 Å². The van der Waals surface area contributed by atoms with Crippen LogP contribution in [0.2, 0.25) is 0 Å². The van der Waals surface area contributed by atoms with E-state index in [-0.39, 0.29) is 20.4 Å². The fourth-order valence-corrected chi connectivity index (χ4v) is 0.932. The third kappa shape index (κ3) is 4.53. The molecule has 0 aliphatic carbocycles. The molecular formula is C9H9BrPd+2. The SMILES string of the molecule is BrC/C=C/c1ccccc1.[Pd+2]. The Morgan fingerprint density at radius 2 is 1.82 bits per heavy atom. The van der Waals surface area contributed by atoms with E-state index in [1.165, 1.54) is 5.56 Å². The fourth-order valence-electron chi connectivity index (χ4n) is 0.745. The molecule has 0 aliphatic rings. The van der Waals surface area contributed by atoms with E-state index in [0.29, 0.717) is 0 Å². The van der Waals surface area contributed by atoms with E-state index in [2.05, 4.69) is 40.2 Å². The standard InChI is InChI=1S/C9H9Br.Pd/c10-8-4-7-9-5-2-1-3-6-9;/h1-7H,8H2;/q;+2/b7-4+;. The Bertz CT molecular complexity index is 206. The van der Waals surface area contributed by atoms with E-state index in [1.54, 1.807) is 0 Å². The van der Waals surface area contributed by atoms with E-state index < -0.39 is 0 Å². The summed E-state index contributed by atoms with van der Waals surface area (Å²) in [5.41, 5.74) is 1.25. The van der Waals surface area contributed by atoms with Gasteiger partial charge in [0.15, 0.2) is 0 Å². The zero-order valence-corrected chi connectivity index (χ0v) is 9.08. The molecule has 0 radical (unpaired) electrons. The molecule has 1 aromatic carbocycles. The number of hydrogen-bond acceptors (Lipinski definition) is 0. The van der Waals surface area contributed by atoms with Gasteiger partial charge in [-0.05, 0) is 5.56 Å². The molecule has 0 saturated carbocycles. The molecule has 0 nitrogen and oxygen atoms in total. The van der Waals surface area contributed by atoms with Crippen molar-refractivity contribution in [1.82, 2.24) is 0 Å². The topological polar surface area (TPSA) is 0 Å². The number of hydrogen-bond donors (Lipinski definition) is 0. The molecule has 0 atom stereocenters. The molecule has 0 bridgehead atoms. The maximum atomic E-state index is 3.32. The van der Waals surface area contributed by atoms with Crippen LogP contribution in [0.5, 0.6) is 0 Å². The molecule has 0 amide bonds. The summed E-state index contributed by atoms with van der Waals surface area (Å²) < 4.78 is 0. The summed E-state index contributed by atoms with van der Waals surface area (Å²) in [6.07, 6.45) is 4.17. The maximum absolute atomic E-state index is 3.32. The van der Waals surface area contributed by atoms with E-state index >= 15 is 0 Å². The minimum Gasteiger partial charge on any atom is -0.0883 e. The Morgan fingerprint density at radius 1 is 1.18 bits per heavy atom. The number of benzene rings is 1. The van der Waals surface area contributed by atoms with Gasteiger partial charge in [0.25, 0.3) is 0 Å². The zero-order valence-electron chi connectivity index (χ0n) is 5.94. The molecule has 1 rings (SSSR count). The molecule has 1 aromatic rings. The monoisotopic (exact) mass is 302 g/mol. The first kappa shape index (κ1) is 11.1. The summed E-state index contributed by atoms with van der Waals surface area (Å²) in [5.74, 6) is 0. The summed E-state index contributed by atoms with van der Waals surface area (Å²) in [7, 11) is 0. The average molecular weight is 303 g/mol. The second kappa shape index (κ2) is 6.79. The molecule has 0 saturated heterocycles. The Hall–Kier alpha value is 0.102. The first-order valence-corrected chi connectivity index (χ1v) is 4.33. The summed E-state index contributed by atoms with van der Waals surface area (Å²) in [5, 5.41) is 0.919. The Morgan fingerprint density at radius 3 is 2.36 bits per heavy atom. The normalized spacial score (nSPS) is 9.55. The van der Waals surface area contributed by atoms with Gasteiger partial charge in [0.2, 0.25) is 0 Å². The first-order valence-electron chi connectivity index (χ1n) is 3.21. The zero-order chi connectivity index (χ0) is 7.23. The van der Waals surface area contributed by atoms with Crippen molar-refractivity contribution in [2.45, 2.75) is 0 Å². The minimum absolute atomic E-state index is 0. The summed E-state index contributed by atoms with van der Waals surface area (Å²) in [6, 6.07) is 10.3. The molecule has 0 heterocycles. The van der Waals surface area contributed by atoms with Gasteiger partial charge in [-0.25, -0.2) is 0 Å². The van der Waals surface area contributed by atoms with Gasteiger partial charge >= 0.3 is 20.4 Å². The van der Waals surface area contributed by atoms with Gasteiger partial charge in [-0.3, -0.25) is 0 Å². The van der Waals surface area contributed by atoms with Crippen LogP contribution < -0.4 is 0 Å². The van der Waals surface area contributed by atoms with Crippen molar-refractivity contribution < 1.29 is 20.4 Å². The molecule has 0 spiro atoms. The molecule has 2 heteroatoms. The molecule has 11 heavy (non-hydrogen) atoms. The van der Waals surface area contributed by atoms with Crippen LogP contribution in [0.15, 0.2) is 36.4 Å². The van der Waals surface area contributed by atoms with Crippen molar-refractivity contribution in [2.24, 2.45) is 0 Å². The van der Waals surface area contributed by atoms with Crippen molar-refractivity contribution in [2.75, 3.05) is 5.33 Å². The maximum Gasteiger partial charge on any atom is 2.00 e. The van der Waals surface area contributed by atoms with Crippen molar-refractivity contribution in [1.29, 1.82) is 0 Å². The van der Waals surface area contributed by atoms with E-state index in [1.807, 2.05) is 18.2 Å². The predicted molar refractivity (Wildman–Crippen MR) is 49.3 cm³/mol. The van der Waals surface area contributed by atoms with Crippen LogP contribution in [0.4, 0.5) is 0 Å². The molecule has 0 aromatic heterocycles. The third-order valence-electron chi connectivity index (χ3n) is 1.20. The quantitative estimate of drug-likeness (QED) is 0.582. The van der Waals surface area contributed by atoms with Gasteiger partial charge in [0, 0.05) is 5.33 Å². The van der Waals surface area contributed by atoms with Crippen molar-refractivity contribution in [3.8, 4) is 0 Å². The van der Waals surface area contributed by atoms with Crippen LogP contribution in [0.1, 0.15) is 5.56 Å². The van der Waals surface area contributed by atoms with Crippen molar-refractivity contribution in [3.05, 3.63) is 42.0 Å². The van der Waals surface area contributed by atoms with Crippen LogP contribution >= 0.6 is 15.9 Å². The largest absolute Gasteiger partial charge is 2.00 e. The molecular weight excluding hydrogens is 294 g/mol. The molecule has 0 aliphatic heterocycles. The Balaban J connectivity index is 0.000001000. The van der Waals surface area contributed by atoms with E-state index in [0.717, 1.165) is 5.33 Å². The van der Waals surface area contributed by atoms with E-state index in [9.17, 15) is 0 Å².